The topological polar surface area (TPSA) is 31.4 Å². The van der Waals surface area contributed by atoms with Crippen LogP contribution >= 0.6 is 11.3 Å². The van der Waals surface area contributed by atoms with Crippen molar-refractivity contribution in [2.75, 3.05) is 39.8 Å². The highest BCUT2D eigenvalue weighted by Crippen LogP contribution is 2.24. The zero-order valence-electron chi connectivity index (χ0n) is 14.3. The highest BCUT2D eigenvalue weighted by molar-refractivity contribution is 7.09. The largest absolute Gasteiger partial charge is 0.316 e. The van der Waals surface area contributed by atoms with Gasteiger partial charge in [-0.25, -0.2) is 9.37 Å². The molecule has 0 bridgehead atoms. The molecule has 1 unspecified atom stereocenters. The van der Waals surface area contributed by atoms with E-state index < -0.39 is 6.17 Å². The maximum atomic E-state index is 14.0. The quantitative estimate of drug-likeness (QED) is 0.861. The van der Waals surface area contributed by atoms with Crippen molar-refractivity contribution >= 4 is 11.3 Å². The molecule has 6 heteroatoms. The fourth-order valence-electron chi connectivity index (χ4n) is 3.95. The number of nitrogens with zero attached hydrogens (tertiary/aromatic N) is 3. The molecule has 2 aliphatic rings. The van der Waals surface area contributed by atoms with E-state index in [1.807, 2.05) is 6.92 Å². The van der Waals surface area contributed by atoms with Crippen LogP contribution in [0, 0.1) is 12.8 Å². The first-order valence-corrected chi connectivity index (χ1v) is 9.66. The number of aryl methyl sites for hydroxylation is 1. The number of rotatable bonds is 6. The molecule has 0 saturated carbocycles. The number of alkyl halides is 1. The summed E-state index contributed by atoms with van der Waals surface area (Å²) in [7, 11) is 2.19. The molecule has 2 saturated heterocycles. The van der Waals surface area contributed by atoms with E-state index >= 15 is 0 Å². The molecule has 2 fully saturated rings. The molecule has 23 heavy (non-hydrogen) atoms. The number of hydrogen-bond donors (Lipinski definition) is 1. The molecule has 0 amide bonds. The van der Waals surface area contributed by atoms with Crippen molar-refractivity contribution in [2.24, 2.45) is 5.92 Å². The molecule has 0 radical (unpaired) electrons. The number of likely N-dealkylation sites (N-methyl/N-ethyl adjacent to an activating group) is 1. The van der Waals surface area contributed by atoms with Crippen LogP contribution in [0.3, 0.4) is 0 Å². The van der Waals surface area contributed by atoms with E-state index in [1.165, 1.54) is 12.8 Å². The lowest BCUT2D eigenvalue weighted by atomic mass is 9.99. The van der Waals surface area contributed by atoms with E-state index in [0.29, 0.717) is 19.0 Å². The molecule has 2 aliphatic heterocycles. The third-order valence-corrected chi connectivity index (χ3v) is 5.82. The minimum atomic E-state index is -0.690. The third-order valence-electron chi connectivity index (χ3n) is 5.00. The minimum Gasteiger partial charge on any atom is -0.316 e. The second-order valence-corrected chi connectivity index (χ2v) is 8.27. The van der Waals surface area contributed by atoms with E-state index in [4.69, 9.17) is 0 Å². The Bertz CT molecular complexity index is 489. The monoisotopic (exact) mass is 340 g/mol. The fourth-order valence-corrected chi connectivity index (χ4v) is 4.55. The van der Waals surface area contributed by atoms with Gasteiger partial charge in [0.2, 0.25) is 0 Å². The molecule has 1 aromatic rings. The number of nitrogens with one attached hydrogen (secondary N) is 1. The third kappa shape index (κ3) is 4.95. The second-order valence-electron chi connectivity index (χ2n) is 7.21. The molecule has 3 rings (SSSR count). The molecular formula is C17H29FN4S. The number of piperidine rings is 1. The van der Waals surface area contributed by atoms with Gasteiger partial charge in [0.05, 0.1) is 10.7 Å². The summed E-state index contributed by atoms with van der Waals surface area (Å²) >= 11 is 1.68. The first-order chi connectivity index (χ1) is 11.1. The number of likely N-dealkylation sites (tertiary alicyclic amines) is 1. The van der Waals surface area contributed by atoms with Crippen LogP contribution in [-0.4, -0.2) is 66.8 Å². The van der Waals surface area contributed by atoms with Gasteiger partial charge in [0.15, 0.2) is 0 Å². The fraction of sp³-hybridized carbons (Fsp3) is 0.824. The van der Waals surface area contributed by atoms with Gasteiger partial charge in [0.25, 0.3) is 0 Å². The molecule has 3 heterocycles. The summed E-state index contributed by atoms with van der Waals surface area (Å²) in [6.07, 6.45) is 2.57. The lowest BCUT2D eigenvalue weighted by Gasteiger charge is -2.31. The highest BCUT2D eigenvalue weighted by Gasteiger charge is 2.33. The van der Waals surface area contributed by atoms with Crippen molar-refractivity contribution in [1.29, 1.82) is 0 Å². The van der Waals surface area contributed by atoms with E-state index in [-0.39, 0.29) is 0 Å². The molecular weight excluding hydrogens is 311 g/mol. The van der Waals surface area contributed by atoms with E-state index in [1.54, 1.807) is 11.3 Å². The Balaban J connectivity index is 1.51. The summed E-state index contributed by atoms with van der Waals surface area (Å²) in [5, 5.41) is 6.68. The molecule has 1 N–H and O–H groups in total. The number of thiazole rings is 1. The SMILES string of the molecule is Cc1nc(CN2C[C@@H](F)C[C@H]2CN(C)CC2CCCNC2)cs1. The Morgan fingerprint density at radius 1 is 1.48 bits per heavy atom. The average Bonchev–Trinajstić information content (AvgIpc) is 3.06. The van der Waals surface area contributed by atoms with E-state index in [2.05, 4.69) is 32.5 Å². The van der Waals surface area contributed by atoms with Gasteiger partial charge in [-0.1, -0.05) is 0 Å². The summed E-state index contributed by atoms with van der Waals surface area (Å²) in [6.45, 7) is 7.73. The van der Waals surface area contributed by atoms with Gasteiger partial charge in [-0.2, -0.15) is 0 Å². The van der Waals surface area contributed by atoms with Gasteiger partial charge in [-0.15, -0.1) is 11.3 Å². The van der Waals surface area contributed by atoms with Gasteiger partial charge in [0.1, 0.15) is 6.17 Å². The maximum absolute atomic E-state index is 14.0. The Morgan fingerprint density at radius 2 is 2.35 bits per heavy atom. The zero-order valence-corrected chi connectivity index (χ0v) is 15.1. The van der Waals surface area contributed by atoms with Crippen molar-refractivity contribution in [3.63, 3.8) is 0 Å². The molecule has 1 aromatic heterocycles. The number of hydrogen-bond acceptors (Lipinski definition) is 5. The first-order valence-electron chi connectivity index (χ1n) is 8.78. The predicted octanol–water partition coefficient (Wildman–Crippen LogP) is 2.30. The zero-order chi connectivity index (χ0) is 16.2. The number of aromatic nitrogens is 1. The first kappa shape index (κ1) is 17.3. The van der Waals surface area contributed by atoms with Crippen LogP contribution in [0.15, 0.2) is 5.38 Å². The number of halogens is 1. The Kier molecular flexibility index (Phi) is 6.01. The van der Waals surface area contributed by atoms with Gasteiger partial charge < -0.3 is 10.2 Å². The Morgan fingerprint density at radius 3 is 3.04 bits per heavy atom. The smallest absolute Gasteiger partial charge is 0.114 e. The van der Waals surface area contributed by atoms with Crippen molar-refractivity contribution in [3.8, 4) is 0 Å². The molecule has 3 atom stereocenters. The molecule has 0 aliphatic carbocycles. The van der Waals surface area contributed by atoms with Crippen molar-refractivity contribution in [3.05, 3.63) is 16.1 Å². The molecule has 130 valence electrons. The van der Waals surface area contributed by atoms with Crippen LogP contribution in [0.1, 0.15) is 30.0 Å². The van der Waals surface area contributed by atoms with Crippen LogP contribution in [-0.2, 0) is 6.54 Å². The summed E-state index contributed by atoms with van der Waals surface area (Å²) in [5.41, 5.74) is 1.09. The van der Waals surface area contributed by atoms with Crippen LogP contribution in [0.5, 0.6) is 0 Å². The lowest BCUT2D eigenvalue weighted by Crippen LogP contribution is -2.42. The van der Waals surface area contributed by atoms with Gasteiger partial charge in [-0.3, -0.25) is 4.90 Å². The maximum Gasteiger partial charge on any atom is 0.114 e. The molecule has 0 aromatic carbocycles. The second kappa shape index (κ2) is 8.01. The van der Waals surface area contributed by atoms with Crippen molar-refractivity contribution in [2.45, 2.75) is 44.9 Å². The Labute approximate surface area is 143 Å². The molecule has 4 nitrogen and oxygen atoms in total. The lowest BCUT2D eigenvalue weighted by molar-refractivity contribution is 0.163. The summed E-state index contributed by atoms with van der Waals surface area (Å²) in [6, 6.07) is 0.313. The normalized spacial score (nSPS) is 29.5. The van der Waals surface area contributed by atoms with Gasteiger partial charge in [-0.05, 0) is 52.2 Å². The average molecular weight is 341 g/mol. The van der Waals surface area contributed by atoms with Crippen molar-refractivity contribution < 1.29 is 4.39 Å². The molecule has 0 spiro atoms. The van der Waals surface area contributed by atoms with Gasteiger partial charge in [0, 0.05) is 37.6 Å². The summed E-state index contributed by atoms with van der Waals surface area (Å²) < 4.78 is 14.0. The minimum absolute atomic E-state index is 0.313. The Hall–Kier alpha value is -0.560. The van der Waals surface area contributed by atoms with Crippen LogP contribution in [0.4, 0.5) is 4.39 Å². The van der Waals surface area contributed by atoms with Crippen LogP contribution in [0.25, 0.3) is 0 Å². The standard InChI is InChI=1S/C17H29FN4S/c1-13-20-16(12-23-13)10-22-9-15(18)6-17(22)11-21(2)8-14-4-3-5-19-7-14/h12,14-15,17,19H,3-11H2,1-2H3/t14?,15-,17-/m0/s1. The van der Waals surface area contributed by atoms with Crippen LogP contribution in [0.2, 0.25) is 0 Å². The highest BCUT2D eigenvalue weighted by atomic mass is 32.1. The van der Waals surface area contributed by atoms with E-state index in [0.717, 1.165) is 49.3 Å². The van der Waals surface area contributed by atoms with Crippen LogP contribution < -0.4 is 5.32 Å². The van der Waals surface area contributed by atoms with Gasteiger partial charge >= 0.3 is 0 Å². The summed E-state index contributed by atoms with van der Waals surface area (Å²) in [5.74, 6) is 0.742. The summed E-state index contributed by atoms with van der Waals surface area (Å²) in [4.78, 5) is 9.23. The van der Waals surface area contributed by atoms with E-state index in [9.17, 15) is 4.39 Å². The van der Waals surface area contributed by atoms with Crippen molar-refractivity contribution in [1.82, 2.24) is 20.1 Å². The predicted molar refractivity (Wildman–Crippen MR) is 93.7 cm³/mol.